The van der Waals surface area contributed by atoms with E-state index >= 15 is 0 Å². The number of hydrogen-bond acceptors (Lipinski definition) is 1. The molecular weight excluding hydrogens is 207 g/mol. The molecule has 0 unspecified atom stereocenters. The van der Waals surface area contributed by atoms with E-state index in [1.54, 1.807) is 35.6 Å². The van der Waals surface area contributed by atoms with Crippen LogP contribution in [-0.4, -0.2) is 11.1 Å². The van der Waals surface area contributed by atoms with Crippen molar-refractivity contribution in [3.8, 4) is 0 Å². The lowest BCUT2D eigenvalue weighted by Crippen LogP contribution is -1.90. The first-order valence-electron chi connectivity index (χ1n) is 1.73. The largest absolute Gasteiger partial charge is 0.477 e. The molecule has 0 fully saturated rings. The predicted molar refractivity (Wildman–Crippen MR) is 35.4 cm³/mol. The molecule has 0 atom stereocenters. The summed E-state index contributed by atoms with van der Waals surface area (Å²) in [7, 11) is 0. The number of aliphatic carboxylic acids is 1. The van der Waals surface area contributed by atoms with E-state index in [-0.39, 0.29) is 0 Å². The molecule has 3 heteroatoms. The molecule has 0 saturated heterocycles. The zero-order valence-corrected chi connectivity index (χ0v) is 5.97. The zero-order chi connectivity index (χ0) is 5.86. The Morgan fingerprint density at radius 1 is 1.86 bits per heavy atom. The molecule has 0 aliphatic rings. The highest BCUT2D eigenvalue weighted by Gasteiger charge is 1.96. The van der Waals surface area contributed by atoms with E-state index in [0.29, 0.717) is 3.58 Å². The summed E-state index contributed by atoms with van der Waals surface area (Å²) in [6.45, 7) is 1.69. The third kappa shape index (κ3) is 2.61. The maximum absolute atomic E-state index is 9.85. The van der Waals surface area contributed by atoms with E-state index in [0.717, 1.165) is 0 Å². The molecule has 0 heterocycles. The second-order valence-corrected chi connectivity index (χ2v) is 2.10. The predicted octanol–water partition coefficient (Wildman–Crippen LogP) is 1.41. The summed E-state index contributed by atoms with van der Waals surface area (Å²) in [6, 6.07) is 0. The van der Waals surface area contributed by atoms with Gasteiger partial charge in [-0.1, -0.05) is 6.08 Å². The van der Waals surface area contributed by atoms with Crippen LogP contribution in [0.25, 0.3) is 0 Å². The minimum absolute atomic E-state index is 0.359. The first-order chi connectivity index (χ1) is 3.18. The fraction of sp³-hybridized carbons (Fsp3) is 0.250. The van der Waals surface area contributed by atoms with Crippen LogP contribution < -0.4 is 0 Å². The van der Waals surface area contributed by atoms with Gasteiger partial charge in [0, 0.05) is 0 Å². The third-order valence-corrected chi connectivity index (χ3v) is 1.54. The summed E-state index contributed by atoms with van der Waals surface area (Å²) in [5.41, 5.74) is 0. The van der Waals surface area contributed by atoms with Gasteiger partial charge in [-0.3, -0.25) is 0 Å². The summed E-state index contributed by atoms with van der Waals surface area (Å²) in [4.78, 5) is 9.85. The van der Waals surface area contributed by atoms with E-state index < -0.39 is 5.97 Å². The van der Waals surface area contributed by atoms with E-state index in [2.05, 4.69) is 0 Å². The molecule has 0 aromatic heterocycles. The van der Waals surface area contributed by atoms with Crippen molar-refractivity contribution in [1.29, 1.82) is 0 Å². The highest BCUT2D eigenvalue weighted by atomic mass is 127. The minimum atomic E-state index is -0.858. The number of allylic oxidation sites excluding steroid dienone is 1. The average molecular weight is 212 g/mol. The number of carboxylic acid groups (broad SMARTS) is 1. The molecular formula is C4H5IO2. The Hall–Kier alpha value is -0.0600. The SMILES string of the molecule is C/C=C(\I)C(=O)O. The van der Waals surface area contributed by atoms with Gasteiger partial charge in [-0.05, 0) is 29.5 Å². The highest BCUT2D eigenvalue weighted by molar-refractivity contribution is 14.1. The Kier molecular flexibility index (Phi) is 2.98. The first-order valence-corrected chi connectivity index (χ1v) is 2.81. The quantitative estimate of drug-likeness (QED) is 0.527. The molecule has 2 nitrogen and oxygen atoms in total. The molecule has 0 spiro atoms. The van der Waals surface area contributed by atoms with Gasteiger partial charge in [0.1, 0.15) is 0 Å². The number of carboxylic acids is 1. The molecule has 40 valence electrons. The smallest absolute Gasteiger partial charge is 0.341 e. The van der Waals surface area contributed by atoms with Crippen molar-refractivity contribution in [2.45, 2.75) is 6.92 Å². The summed E-state index contributed by atoms with van der Waals surface area (Å²) < 4.78 is 0.359. The molecule has 0 rings (SSSR count). The maximum atomic E-state index is 9.85. The van der Waals surface area contributed by atoms with Crippen molar-refractivity contribution >= 4 is 28.6 Å². The topological polar surface area (TPSA) is 37.3 Å². The molecule has 0 bridgehead atoms. The van der Waals surface area contributed by atoms with E-state index in [4.69, 9.17) is 5.11 Å². The van der Waals surface area contributed by atoms with Gasteiger partial charge in [-0.15, -0.1) is 0 Å². The van der Waals surface area contributed by atoms with Crippen LogP contribution in [0.4, 0.5) is 0 Å². The first kappa shape index (κ1) is 6.94. The zero-order valence-electron chi connectivity index (χ0n) is 3.81. The lowest BCUT2D eigenvalue weighted by atomic mass is 10.5. The van der Waals surface area contributed by atoms with Crippen LogP contribution >= 0.6 is 22.6 Å². The van der Waals surface area contributed by atoms with Gasteiger partial charge in [-0.25, -0.2) is 4.79 Å². The van der Waals surface area contributed by atoms with Crippen LogP contribution in [-0.2, 0) is 4.79 Å². The monoisotopic (exact) mass is 212 g/mol. The van der Waals surface area contributed by atoms with Gasteiger partial charge >= 0.3 is 5.97 Å². The fourth-order valence-electron chi connectivity index (χ4n) is 0.123. The lowest BCUT2D eigenvalue weighted by Gasteiger charge is -1.81. The molecule has 0 aromatic rings. The summed E-state index contributed by atoms with van der Waals surface area (Å²) in [5.74, 6) is -0.858. The molecule has 1 N–H and O–H groups in total. The second-order valence-electron chi connectivity index (χ2n) is 0.942. The Morgan fingerprint density at radius 2 is 2.29 bits per heavy atom. The molecule has 0 amide bonds. The van der Waals surface area contributed by atoms with Crippen molar-refractivity contribution in [2.75, 3.05) is 0 Å². The molecule has 0 radical (unpaired) electrons. The van der Waals surface area contributed by atoms with Crippen molar-refractivity contribution < 1.29 is 9.90 Å². The van der Waals surface area contributed by atoms with Gasteiger partial charge in [0.25, 0.3) is 0 Å². The number of halogens is 1. The van der Waals surface area contributed by atoms with Crippen LogP contribution in [0.1, 0.15) is 6.92 Å². The standard InChI is InChI=1S/C4H5IO2/c1-2-3(5)4(6)7/h2H,1H3,(H,6,7)/b3-2-. The average Bonchev–Trinajstić information content (AvgIpc) is 1.65. The van der Waals surface area contributed by atoms with Crippen LogP contribution in [0.5, 0.6) is 0 Å². The Morgan fingerprint density at radius 3 is 2.29 bits per heavy atom. The van der Waals surface area contributed by atoms with Gasteiger partial charge in [-0.2, -0.15) is 0 Å². The lowest BCUT2D eigenvalue weighted by molar-refractivity contribution is -0.131. The molecule has 0 aliphatic heterocycles. The number of rotatable bonds is 1. The van der Waals surface area contributed by atoms with Crippen LogP contribution in [0, 0.1) is 0 Å². The van der Waals surface area contributed by atoms with Crippen molar-refractivity contribution in [3.63, 3.8) is 0 Å². The van der Waals surface area contributed by atoms with Crippen molar-refractivity contribution in [2.24, 2.45) is 0 Å². The van der Waals surface area contributed by atoms with Gasteiger partial charge in [0.15, 0.2) is 0 Å². The Bertz CT molecular complexity index is 106. The Balaban J connectivity index is 3.82. The van der Waals surface area contributed by atoms with Crippen LogP contribution in [0.15, 0.2) is 9.66 Å². The van der Waals surface area contributed by atoms with Crippen molar-refractivity contribution in [3.05, 3.63) is 9.66 Å². The number of carbonyl (C=O) groups is 1. The van der Waals surface area contributed by atoms with E-state index in [1.807, 2.05) is 0 Å². The van der Waals surface area contributed by atoms with Gasteiger partial charge in [0.2, 0.25) is 0 Å². The summed E-state index contributed by atoms with van der Waals surface area (Å²) in [5, 5.41) is 8.11. The van der Waals surface area contributed by atoms with Gasteiger partial charge in [0.05, 0.1) is 3.58 Å². The van der Waals surface area contributed by atoms with Gasteiger partial charge < -0.3 is 5.11 Å². The maximum Gasteiger partial charge on any atom is 0.341 e. The Labute approximate surface area is 55.4 Å². The molecule has 0 aliphatic carbocycles. The molecule has 7 heavy (non-hydrogen) atoms. The van der Waals surface area contributed by atoms with E-state index in [1.165, 1.54) is 0 Å². The fourth-order valence-corrected chi connectivity index (χ4v) is 0.123. The van der Waals surface area contributed by atoms with Crippen LogP contribution in [0.2, 0.25) is 0 Å². The summed E-state index contributed by atoms with van der Waals surface area (Å²) in [6.07, 6.45) is 1.54. The highest BCUT2D eigenvalue weighted by Crippen LogP contribution is 2.02. The minimum Gasteiger partial charge on any atom is -0.477 e. The molecule has 0 aromatic carbocycles. The summed E-state index contributed by atoms with van der Waals surface area (Å²) >= 11 is 1.76. The molecule has 0 saturated carbocycles. The normalized spacial score (nSPS) is 11.4. The van der Waals surface area contributed by atoms with E-state index in [9.17, 15) is 4.79 Å². The third-order valence-electron chi connectivity index (χ3n) is 0.458. The van der Waals surface area contributed by atoms with Crippen LogP contribution in [0.3, 0.4) is 0 Å². The van der Waals surface area contributed by atoms with Crippen molar-refractivity contribution in [1.82, 2.24) is 0 Å². The number of hydrogen-bond donors (Lipinski definition) is 1. The second kappa shape index (κ2) is 3.01.